The zero-order valence-corrected chi connectivity index (χ0v) is 17.2. The molecule has 154 valence electrons. The second-order valence-corrected chi connectivity index (χ2v) is 7.54. The van der Waals surface area contributed by atoms with Crippen LogP contribution in [-0.4, -0.2) is 38.6 Å². The van der Waals surface area contributed by atoms with Crippen molar-refractivity contribution in [1.29, 1.82) is 5.41 Å². The summed E-state index contributed by atoms with van der Waals surface area (Å²) >= 11 is 0. The molecular formula is C21H27N5O3. The molecule has 0 radical (unpaired) electrons. The molecule has 0 bridgehead atoms. The van der Waals surface area contributed by atoms with Gasteiger partial charge in [-0.05, 0) is 52.3 Å². The van der Waals surface area contributed by atoms with E-state index in [1.807, 2.05) is 27.7 Å². The van der Waals surface area contributed by atoms with E-state index >= 15 is 0 Å². The van der Waals surface area contributed by atoms with E-state index in [2.05, 4.69) is 10.3 Å². The molecule has 2 N–H and O–H groups in total. The van der Waals surface area contributed by atoms with Crippen LogP contribution in [0, 0.1) is 5.41 Å². The molecule has 0 saturated heterocycles. The fourth-order valence-corrected chi connectivity index (χ4v) is 3.16. The maximum Gasteiger partial charge on any atom is 0.267 e. The fourth-order valence-electron chi connectivity index (χ4n) is 3.16. The normalized spacial score (nSPS) is 11.7. The Labute approximate surface area is 168 Å². The van der Waals surface area contributed by atoms with E-state index < -0.39 is 0 Å². The Morgan fingerprint density at radius 2 is 2.03 bits per heavy atom. The molecule has 0 aliphatic heterocycles. The molecule has 0 saturated carbocycles. The average Bonchev–Trinajstić information content (AvgIpc) is 2.66. The summed E-state index contributed by atoms with van der Waals surface area (Å²) < 4.78 is 8.67. The number of carbonyl (C=O) groups is 1. The number of fused-ring (bicyclic) bond motifs is 2. The van der Waals surface area contributed by atoms with Gasteiger partial charge in [-0.3, -0.25) is 19.4 Å². The standard InChI is InChI=1S/C21H27N5O3/c1-13(2)23-20(27)15-12-16-19(24-17-8-5-6-9-25(17)21(16)28)26(18(15)22)10-7-11-29-14(3)4/h5-6,8-9,12-14,22H,7,10-11H2,1-4H3,(H,23,27). The molecule has 0 unspecified atom stereocenters. The third-order valence-corrected chi connectivity index (χ3v) is 4.46. The van der Waals surface area contributed by atoms with Gasteiger partial charge in [-0.2, -0.15) is 0 Å². The molecule has 8 nitrogen and oxygen atoms in total. The van der Waals surface area contributed by atoms with Gasteiger partial charge in [0, 0.05) is 25.4 Å². The molecule has 0 aliphatic carbocycles. The number of carbonyl (C=O) groups excluding carboxylic acids is 1. The summed E-state index contributed by atoms with van der Waals surface area (Å²) in [7, 11) is 0. The first-order chi connectivity index (χ1) is 13.8. The van der Waals surface area contributed by atoms with Gasteiger partial charge in [-0.15, -0.1) is 0 Å². The van der Waals surface area contributed by atoms with Crippen LogP contribution in [0.15, 0.2) is 35.3 Å². The molecule has 0 aliphatic rings. The lowest BCUT2D eigenvalue weighted by Gasteiger charge is -2.16. The summed E-state index contributed by atoms with van der Waals surface area (Å²) in [5, 5.41) is 11.7. The number of aryl methyl sites for hydroxylation is 1. The predicted molar refractivity (Wildman–Crippen MR) is 111 cm³/mol. The van der Waals surface area contributed by atoms with Crippen LogP contribution in [0.1, 0.15) is 44.5 Å². The Hall–Kier alpha value is -3.00. The largest absolute Gasteiger partial charge is 0.379 e. The fraction of sp³-hybridized carbons (Fsp3) is 0.429. The first kappa shape index (κ1) is 20.7. The average molecular weight is 397 g/mol. The van der Waals surface area contributed by atoms with Gasteiger partial charge in [0.25, 0.3) is 11.5 Å². The predicted octanol–water partition coefficient (Wildman–Crippen LogP) is 2.08. The number of hydrogen-bond acceptors (Lipinski definition) is 5. The number of ether oxygens (including phenoxy) is 1. The van der Waals surface area contributed by atoms with Crippen LogP contribution in [0.3, 0.4) is 0 Å². The Morgan fingerprint density at radius 1 is 1.28 bits per heavy atom. The lowest BCUT2D eigenvalue weighted by Crippen LogP contribution is -2.37. The first-order valence-corrected chi connectivity index (χ1v) is 9.81. The van der Waals surface area contributed by atoms with Crippen molar-refractivity contribution < 1.29 is 9.53 Å². The van der Waals surface area contributed by atoms with Gasteiger partial charge in [0.1, 0.15) is 16.8 Å². The molecule has 3 heterocycles. The van der Waals surface area contributed by atoms with Crippen LogP contribution in [-0.2, 0) is 11.3 Å². The second kappa shape index (κ2) is 8.57. The number of nitrogens with one attached hydrogen (secondary N) is 2. The number of rotatable bonds is 7. The van der Waals surface area contributed by atoms with Crippen LogP contribution >= 0.6 is 0 Å². The van der Waals surface area contributed by atoms with Crippen LogP contribution in [0.2, 0.25) is 0 Å². The molecule has 3 aromatic heterocycles. The summed E-state index contributed by atoms with van der Waals surface area (Å²) in [6.07, 6.45) is 2.39. The highest BCUT2D eigenvalue weighted by atomic mass is 16.5. The Kier molecular flexibility index (Phi) is 6.12. The van der Waals surface area contributed by atoms with Crippen molar-refractivity contribution in [2.45, 2.75) is 52.8 Å². The summed E-state index contributed by atoms with van der Waals surface area (Å²) in [5.41, 5.74) is 0.822. The summed E-state index contributed by atoms with van der Waals surface area (Å²) in [6, 6.07) is 6.70. The molecule has 0 aromatic carbocycles. The zero-order chi connectivity index (χ0) is 21.1. The topological polar surface area (TPSA) is 101 Å². The number of nitrogens with zero attached hydrogens (tertiary/aromatic N) is 3. The van der Waals surface area contributed by atoms with Gasteiger partial charge in [0.05, 0.1) is 17.1 Å². The van der Waals surface area contributed by atoms with E-state index in [-0.39, 0.29) is 34.7 Å². The molecule has 29 heavy (non-hydrogen) atoms. The summed E-state index contributed by atoms with van der Waals surface area (Å²) in [4.78, 5) is 30.3. The van der Waals surface area contributed by atoms with Gasteiger partial charge >= 0.3 is 0 Å². The Morgan fingerprint density at radius 3 is 2.72 bits per heavy atom. The molecule has 0 fully saturated rings. The minimum atomic E-state index is -0.378. The SMILES string of the molecule is CC(C)NC(=O)c1cc2c(=O)n3ccccc3nc2n(CCCOC(C)C)c1=N. The Bertz CT molecular complexity index is 1160. The first-order valence-electron chi connectivity index (χ1n) is 9.81. The minimum absolute atomic E-state index is 0.0346. The molecular weight excluding hydrogens is 370 g/mol. The number of amides is 1. The van der Waals surface area contributed by atoms with Crippen molar-refractivity contribution in [2.75, 3.05) is 6.61 Å². The van der Waals surface area contributed by atoms with Crippen molar-refractivity contribution in [3.8, 4) is 0 Å². The van der Waals surface area contributed by atoms with Crippen molar-refractivity contribution in [3.05, 3.63) is 51.9 Å². The van der Waals surface area contributed by atoms with Crippen LogP contribution in [0.4, 0.5) is 0 Å². The molecule has 3 aromatic rings. The van der Waals surface area contributed by atoms with Crippen LogP contribution < -0.4 is 16.4 Å². The molecule has 0 atom stereocenters. The van der Waals surface area contributed by atoms with Gasteiger partial charge in [0.15, 0.2) is 0 Å². The van der Waals surface area contributed by atoms with Crippen molar-refractivity contribution in [2.24, 2.45) is 0 Å². The number of hydrogen-bond donors (Lipinski definition) is 2. The van der Waals surface area contributed by atoms with Crippen molar-refractivity contribution in [3.63, 3.8) is 0 Å². The van der Waals surface area contributed by atoms with Gasteiger partial charge in [-0.25, -0.2) is 4.98 Å². The van der Waals surface area contributed by atoms with E-state index in [4.69, 9.17) is 10.1 Å². The molecule has 8 heteroatoms. The van der Waals surface area contributed by atoms with E-state index in [0.29, 0.717) is 36.3 Å². The monoisotopic (exact) mass is 397 g/mol. The van der Waals surface area contributed by atoms with Crippen molar-refractivity contribution in [1.82, 2.24) is 19.3 Å². The van der Waals surface area contributed by atoms with E-state index in [1.165, 1.54) is 10.5 Å². The van der Waals surface area contributed by atoms with E-state index in [1.54, 1.807) is 29.0 Å². The lowest BCUT2D eigenvalue weighted by atomic mass is 10.2. The minimum Gasteiger partial charge on any atom is -0.379 e. The molecule has 0 spiro atoms. The lowest BCUT2D eigenvalue weighted by molar-refractivity contribution is 0.0748. The van der Waals surface area contributed by atoms with Gasteiger partial charge < -0.3 is 14.6 Å². The van der Waals surface area contributed by atoms with E-state index in [9.17, 15) is 9.59 Å². The van der Waals surface area contributed by atoms with Crippen molar-refractivity contribution >= 4 is 22.6 Å². The third kappa shape index (κ3) is 4.37. The second-order valence-electron chi connectivity index (χ2n) is 7.54. The maximum atomic E-state index is 13.1. The Balaban J connectivity index is 2.20. The third-order valence-electron chi connectivity index (χ3n) is 4.46. The van der Waals surface area contributed by atoms with Gasteiger partial charge in [-0.1, -0.05) is 6.07 Å². The van der Waals surface area contributed by atoms with E-state index in [0.717, 1.165) is 0 Å². The molecule has 3 rings (SSSR count). The summed E-state index contributed by atoms with van der Waals surface area (Å²) in [6.45, 7) is 8.56. The highest BCUT2D eigenvalue weighted by molar-refractivity contribution is 5.96. The number of pyridine rings is 2. The molecule has 1 amide bonds. The van der Waals surface area contributed by atoms with Gasteiger partial charge in [0.2, 0.25) is 0 Å². The van der Waals surface area contributed by atoms with Crippen LogP contribution in [0.25, 0.3) is 16.7 Å². The number of aromatic nitrogens is 3. The summed E-state index contributed by atoms with van der Waals surface area (Å²) in [5.74, 6) is -0.378. The van der Waals surface area contributed by atoms with Crippen LogP contribution in [0.5, 0.6) is 0 Å². The highest BCUT2D eigenvalue weighted by Gasteiger charge is 2.17. The maximum absolute atomic E-state index is 13.1. The highest BCUT2D eigenvalue weighted by Crippen LogP contribution is 2.11. The zero-order valence-electron chi connectivity index (χ0n) is 17.2. The smallest absolute Gasteiger partial charge is 0.267 e. The quantitative estimate of drug-likeness (QED) is 0.471.